The second kappa shape index (κ2) is 9.79. The summed E-state index contributed by atoms with van der Waals surface area (Å²) in [5.41, 5.74) is 4.80. The molecule has 1 heterocycles. The van der Waals surface area contributed by atoms with E-state index in [4.69, 9.17) is 10.2 Å². The lowest BCUT2D eigenvalue weighted by atomic mass is 9.84. The first-order chi connectivity index (χ1) is 11.9. The van der Waals surface area contributed by atoms with Crippen LogP contribution in [0.2, 0.25) is 0 Å². The number of nitrogens with zero attached hydrogens (tertiary/aromatic N) is 2. The molecule has 0 spiro atoms. The van der Waals surface area contributed by atoms with Crippen LogP contribution < -0.4 is 16.4 Å². The Kier molecular flexibility index (Phi) is 8.38. The highest BCUT2D eigenvalue weighted by molar-refractivity contribution is 14.0. The lowest BCUT2D eigenvalue weighted by Gasteiger charge is -2.31. The van der Waals surface area contributed by atoms with Crippen molar-refractivity contribution in [1.29, 1.82) is 0 Å². The predicted octanol–water partition coefficient (Wildman–Crippen LogP) is 1.31. The van der Waals surface area contributed by atoms with E-state index >= 15 is 0 Å². The Morgan fingerprint density at radius 2 is 1.92 bits per heavy atom. The van der Waals surface area contributed by atoms with Crippen LogP contribution in [0.3, 0.4) is 0 Å². The van der Waals surface area contributed by atoms with Crippen molar-refractivity contribution in [2.24, 2.45) is 16.1 Å². The molecule has 2 rings (SSSR count). The first kappa shape index (κ1) is 22.3. The molecule has 26 heavy (non-hydrogen) atoms. The zero-order chi connectivity index (χ0) is 18.4. The fourth-order valence-electron chi connectivity index (χ4n) is 3.24. The van der Waals surface area contributed by atoms with Crippen LogP contribution in [0.15, 0.2) is 21.5 Å². The van der Waals surface area contributed by atoms with Gasteiger partial charge < -0.3 is 25.7 Å². The second-order valence-corrected chi connectivity index (χ2v) is 6.60. The summed E-state index contributed by atoms with van der Waals surface area (Å²) in [5, 5.41) is 6.36. The van der Waals surface area contributed by atoms with Crippen LogP contribution in [0.4, 0.5) is 0 Å². The SMILES string of the molecule is CN=C(NCc1ccc(C(N)=O)o1)NCC1(C(=O)N(C)C)CCCC1.I. The third kappa shape index (κ3) is 5.36. The first-order valence-corrected chi connectivity index (χ1v) is 8.43. The number of carbonyl (C=O) groups is 2. The van der Waals surface area contributed by atoms with Crippen LogP contribution in [-0.2, 0) is 11.3 Å². The summed E-state index contributed by atoms with van der Waals surface area (Å²) >= 11 is 0. The quantitative estimate of drug-likeness (QED) is 0.325. The third-order valence-corrected chi connectivity index (χ3v) is 4.57. The lowest BCUT2D eigenvalue weighted by Crippen LogP contribution is -2.49. The Morgan fingerprint density at radius 1 is 1.27 bits per heavy atom. The van der Waals surface area contributed by atoms with Crippen LogP contribution in [0.1, 0.15) is 42.0 Å². The van der Waals surface area contributed by atoms with E-state index in [1.54, 1.807) is 38.2 Å². The molecule has 0 saturated heterocycles. The Hall–Kier alpha value is -1.78. The van der Waals surface area contributed by atoms with E-state index in [-0.39, 0.29) is 41.1 Å². The van der Waals surface area contributed by atoms with E-state index in [2.05, 4.69) is 15.6 Å². The van der Waals surface area contributed by atoms with Crippen molar-refractivity contribution in [3.63, 3.8) is 0 Å². The molecule has 1 aliphatic carbocycles. The van der Waals surface area contributed by atoms with Gasteiger partial charge in [-0.15, -0.1) is 24.0 Å². The van der Waals surface area contributed by atoms with Crippen LogP contribution in [0.5, 0.6) is 0 Å². The van der Waals surface area contributed by atoms with E-state index in [0.717, 1.165) is 25.7 Å². The molecule has 9 heteroatoms. The van der Waals surface area contributed by atoms with E-state index in [1.807, 2.05) is 0 Å². The smallest absolute Gasteiger partial charge is 0.284 e. The summed E-state index contributed by atoms with van der Waals surface area (Å²) in [6.45, 7) is 0.899. The van der Waals surface area contributed by atoms with E-state index < -0.39 is 5.91 Å². The Labute approximate surface area is 171 Å². The number of amides is 2. The van der Waals surface area contributed by atoms with Gasteiger partial charge in [-0.1, -0.05) is 12.8 Å². The molecule has 1 aromatic heterocycles. The van der Waals surface area contributed by atoms with Gasteiger partial charge in [0, 0.05) is 27.7 Å². The lowest BCUT2D eigenvalue weighted by molar-refractivity contribution is -0.138. The molecule has 0 aliphatic heterocycles. The van der Waals surface area contributed by atoms with Crippen LogP contribution in [-0.4, -0.2) is 50.4 Å². The number of carbonyl (C=O) groups excluding carboxylic acids is 2. The number of aliphatic imine (C=N–C) groups is 1. The fraction of sp³-hybridized carbons (Fsp3) is 0.588. The molecular weight excluding hydrogens is 449 g/mol. The van der Waals surface area contributed by atoms with Gasteiger partial charge in [-0.2, -0.15) is 0 Å². The predicted molar refractivity (Wildman–Crippen MR) is 110 cm³/mol. The molecule has 1 saturated carbocycles. The maximum absolute atomic E-state index is 12.6. The average Bonchev–Trinajstić information content (AvgIpc) is 3.24. The number of primary amides is 1. The van der Waals surface area contributed by atoms with Crippen molar-refractivity contribution in [1.82, 2.24) is 15.5 Å². The molecule has 2 amide bonds. The summed E-state index contributed by atoms with van der Waals surface area (Å²) in [5.74, 6) is 0.844. The van der Waals surface area contributed by atoms with Gasteiger partial charge in [0.15, 0.2) is 11.7 Å². The van der Waals surface area contributed by atoms with Gasteiger partial charge in [-0.3, -0.25) is 14.6 Å². The number of hydrogen-bond acceptors (Lipinski definition) is 4. The topological polar surface area (TPSA) is 113 Å². The number of halogens is 1. The van der Waals surface area contributed by atoms with Crippen molar-refractivity contribution >= 4 is 41.8 Å². The minimum atomic E-state index is -0.598. The zero-order valence-electron chi connectivity index (χ0n) is 15.5. The molecule has 0 radical (unpaired) electrons. The molecule has 0 atom stereocenters. The highest BCUT2D eigenvalue weighted by Crippen LogP contribution is 2.38. The number of rotatable bonds is 6. The summed E-state index contributed by atoms with van der Waals surface area (Å²) in [6.07, 6.45) is 3.90. The highest BCUT2D eigenvalue weighted by atomic mass is 127. The van der Waals surface area contributed by atoms with Gasteiger partial charge in [-0.25, -0.2) is 0 Å². The van der Waals surface area contributed by atoms with Crippen molar-refractivity contribution in [3.8, 4) is 0 Å². The van der Waals surface area contributed by atoms with Crippen LogP contribution >= 0.6 is 24.0 Å². The number of nitrogens with one attached hydrogen (secondary N) is 2. The summed E-state index contributed by atoms with van der Waals surface area (Å²) in [6, 6.07) is 3.23. The van der Waals surface area contributed by atoms with E-state index in [0.29, 0.717) is 24.8 Å². The van der Waals surface area contributed by atoms with Crippen molar-refractivity contribution in [2.45, 2.75) is 32.2 Å². The molecule has 4 N–H and O–H groups in total. The van der Waals surface area contributed by atoms with Gasteiger partial charge in [-0.05, 0) is 25.0 Å². The van der Waals surface area contributed by atoms with E-state index in [9.17, 15) is 9.59 Å². The molecule has 1 fully saturated rings. The van der Waals surface area contributed by atoms with Gasteiger partial charge in [0.1, 0.15) is 5.76 Å². The van der Waals surface area contributed by atoms with Crippen molar-refractivity contribution in [2.75, 3.05) is 27.7 Å². The highest BCUT2D eigenvalue weighted by Gasteiger charge is 2.42. The molecule has 0 unspecified atom stereocenters. The Morgan fingerprint density at radius 3 is 2.42 bits per heavy atom. The van der Waals surface area contributed by atoms with Crippen molar-refractivity contribution < 1.29 is 14.0 Å². The summed E-state index contributed by atoms with van der Waals surface area (Å²) < 4.78 is 5.33. The number of nitrogens with two attached hydrogens (primary N) is 1. The molecular formula is C17H28IN5O3. The fourth-order valence-corrected chi connectivity index (χ4v) is 3.24. The second-order valence-electron chi connectivity index (χ2n) is 6.60. The van der Waals surface area contributed by atoms with Gasteiger partial charge in [0.25, 0.3) is 5.91 Å². The number of furan rings is 1. The molecule has 1 aliphatic rings. The Bertz CT molecular complexity index is 651. The monoisotopic (exact) mass is 477 g/mol. The van der Waals surface area contributed by atoms with Gasteiger partial charge in [0.05, 0.1) is 12.0 Å². The van der Waals surface area contributed by atoms with Crippen LogP contribution in [0, 0.1) is 5.41 Å². The number of hydrogen-bond donors (Lipinski definition) is 3. The molecule has 8 nitrogen and oxygen atoms in total. The first-order valence-electron chi connectivity index (χ1n) is 8.43. The van der Waals surface area contributed by atoms with E-state index in [1.165, 1.54) is 0 Å². The molecule has 146 valence electrons. The largest absolute Gasteiger partial charge is 0.454 e. The zero-order valence-corrected chi connectivity index (χ0v) is 17.8. The Balaban J connectivity index is 0.00000338. The average molecular weight is 477 g/mol. The maximum atomic E-state index is 12.6. The minimum absolute atomic E-state index is 0. The standard InChI is InChI=1S/C17H27N5O3.HI/c1-19-16(20-10-12-6-7-13(25-12)14(18)23)21-11-17(8-4-5-9-17)15(24)22(2)3;/h6-7H,4-5,8-11H2,1-3H3,(H2,18,23)(H2,19,20,21);1H. The summed E-state index contributed by atoms with van der Waals surface area (Å²) in [7, 11) is 5.26. The normalized spacial score (nSPS) is 15.9. The van der Waals surface area contributed by atoms with Gasteiger partial charge in [0.2, 0.25) is 5.91 Å². The minimum Gasteiger partial charge on any atom is -0.454 e. The maximum Gasteiger partial charge on any atom is 0.284 e. The number of guanidine groups is 1. The van der Waals surface area contributed by atoms with Crippen molar-refractivity contribution in [3.05, 3.63) is 23.7 Å². The molecule has 1 aromatic rings. The summed E-state index contributed by atoms with van der Waals surface area (Å²) in [4.78, 5) is 29.5. The van der Waals surface area contributed by atoms with Gasteiger partial charge >= 0.3 is 0 Å². The third-order valence-electron chi connectivity index (χ3n) is 4.57. The molecule has 0 bridgehead atoms. The van der Waals surface area contributed by atoms with Crippen LogP contribution in [0.25, 0.3) is 0 Å². The molecule has 0 aromatic carbocycles.